The standard InChI is InChI=1S/C12H17BrFN/c1-2-15(8-4-7-13)10-11-5-3-6-12(14)9-11/h3,5-6,9H,2,4,7-8,10H2,1H3. The first-order valence-corrected chi connectivity index (χ1v) is 6.41. The molecule has 1 aromatic carbocycles. The van der Waals surface area contributed by atoms with Crippen molar-refractivity contribution >= 4 is 15.9 Å². The molecule has 0 aromatic heterocycles. The van der Waals surface area contributed by atoms with Gasteiger partial charge in [-0.2, -0.15) is 0 Å². The molecule has 0 bridgehead atoms. The Balaban J connectivity index is 2.50. The number of alkyl halides is 1. The van der Waals surface area contributed by atoms with Crippen LogP contribution < -0.4 is 0 Å². The zero-order chi connectivity index (χ0) is 11.1. The van der Waals surface area contributed by atoms with E-state index in [1.54, 1.807) is 12.1 Å². The van der Waals surface area contributed by atoms with Crippen LogP contribution in [0.4, 0.5) is 4.39 Å². The van der Waals surface area contributed by atoms with Gasteiger partial charge in [0.2, 0.25) is 0 Å². The minimum atomic E-state index is -0.149. The van der Waals surface area contributed by atoms with Crippen LogP contribution in [0.3, 0.4) is 0 Å². The fraction of sp³-hybridized carbons (Fsp3) is 0.500. The molecule has 0 radical (unpaired) electrons. The molecule has 0 aliphatic carbocycles. The van der Waals surface area contributed by atoms with Crippen molar-refractivity contribution in [2.24, 2.45) is 0 Å². The van der Waals surface area contributed by atoms with Gasteiger partial charge in [-0.1, -0.05) is 35.0 Å². The molecule has 15 heavy (non-hydrogen) atoms. The second-order valence-electron chi connectivity index (χ2n) is 3.54. The van der Waals surface area contributed by atoms with Gasteiger partial charge in [-0.3, -0.25) is 4.90 Å². The van der Waals surface area contributed by atoms with Crippen LogP contribution in [0.5, 0.6) is 0 Å². The number of benzene rings is 1. The lowest BCUT2D eigenvalue weighted by molar-refractivity contribution is 0.281. The van der Waals surface area contributed by atoms with Crippen LogP contribution in [0, 0.1) is 5.82 Å². The van der Waals surface area contributed by atoms with Crippen molar-refractivity contribution in [2.45, 2.75) is 19.9 Å². The van der Waals surface area contributed by atoms with E-state index in [-0.39, 0.29) is 5.82 Å². The van der Waals surface area contributed by atoms with Crippen molar-refractivity contribution < 1.29 is 4.39 Å². The molecule has 0 saturated heterocycles. The summed E-state index contributed by atoms with van der Waals surface area (Å²) in [5.74, 6) is -0.149. The maximum Gasteiger partial charge on any atom is 0.123 e. The van der Waals surface area contributed by atoms with E-state index in [1.807, 2.05) is 6.07 Å². The largest absolute Gasteiger partial charge is 0.299 e. The predicted molar refractivity (Wildman–Crippen MR) is 65.8 cm³/mol. The molecular weight excluding hydrogens is 257 g/mol. The van der Waals surface area contributed by atoms with Gasteiger partial charge in [-0.05, 0) is 37.2 Å². The van der Waals surface area contributed by atoms with Gasteiger partial charge >= 0.3 is 0 Å². The van der Waals surface area contributed by atoms with Crippen molar-refractivity contribution in [1.29, 1.82) is 0 Å². The molecule has 0 aliphatic heterocycles. The first kappa shape index (κ1) is 12.7. The molecule has 1 aromatic rings. The van der Waals surface area contributed by atoms with Crippen LogP contribution in [-0.4, -0.2) is 23.3 Å². The molecule has 1 nitrogen and oxygen atoms in total. The van der Waals surface area contributed by atoms with Crippen LogP contribution in [0.15, 0.2) is 24.3 Å². The summed E-state index contributed by atoms with van der Waals surface area (Å²) in [6.45, 7) is 5.02. The lowest BCUT2D eigenvalue weighted by atomic mass is 10.2. The molecule has 0 spiro atoms. The predicted octanol–water partition coefficient (Wildman–Crippen LogP) is 3.43. The molecule has 0 fully saturated rings. The molecular formula is C12H17BrFN. The van der Waals surface area contributed by atoms with Gasteiger partial charge in [0.25, 0.3) is 0 Å². The number of hydrogen-bond acceptors (Lipinski definition) is 1. The van der Waals surface area contributed by atoms with E-state index in [4.69, 9.17) is 0 Å². The van der Waals surface area contributed by atoms with E-state index in [0.717, 1.165) is 36.9 Å². The summed E-state index contributed by atoms with van der Waals surface area (Å²) >= 11 is 3.42. The van der Waals surface area contributed by atoms with Crippen molar-refractivity contribution in [3.05, 3.63) is 35.6 Å². The second kappa shape index (κ2) is 6.96. The quantitative estimate of drug-likeness (QED) is 0.718. The molecule has 0 N–H and O–H groups in total. The molecule has 0 heterocycles. The van der Waals surface area contributed by atoms with E-state index < -0.39 is 0 Å². The van der Waals surface area contributed by atoms with Crippen molar-refractivity contribution in [3.8, 4) is 0 Å². The van der Waals surface area contributed by atoms with Crippen LogP contribution in [0.1, 0.15) is 18.9 Å². The van der Waals surface area contributed by atoms with E-state index >= 15 is 0 Å². The molecule has 0 saturated carbocycles. The monoisotopic (exact) mass is 273 g/mol. The van der Waals surface area contributed by atoms with Gasteiger partial charge in [0, 0.05) is 11.9 Å². The van der Waals surface area contributed by atoms with E-state index in [9.17, 15) is 4.39 Å². The highest BCUT2D eigenvalue weighted by molar-refractivity contribution is 9.09. The average molecular weight is 274 g/mol. The summed E-state index contributed by atoms with van der Waals surface area (Å²) in [5.41, 5.74) is 1.05. The molecule has 84 valence electrons. The van der Waals surface area contributed by atoms with Crippen LogP contribution in [0.2, 0.25) is 0 Å². The van der Waals surface area contributed by atoms with Gasteiger partial charge in [0.15, 0.2) is 0 Å². The third-order valence-corrected chi connectivity index (χ3v) is 2.91. The fourth-order valence-electron chi connectivity index (χ4n) is 1.53. The van der Waals surface area contributed by atoms with Crippen LogP contribution in [-0.2, 0) is 6.54 Å². The summed E-state index contributed by atoms with van der Waals surface area (Å²) in [6, 6.07) is 6.83. The molecule has 0 aliphatic rings. The van der Waals surface area contributed by atoms with E-state index in [2.05, 4.69) is 27.8 Å². The average Bonchev–Trinajstić information content (AvgIpc) is 2.24. The summed E-state index contributed by atoms with van der Waals surface area (Å²) < 4.78 is 12.9. The maximum atomic E-state index is 12.9. The Labute approximate surface area is 99.4 Å². The van der Waals surface area contributed by atoms with Crippen molar-refractivity contribution in [1.82, 2.24) is 4.90 Å². The first-order valence-electron chi connectivity index (χ1n) is 5.29. The Morgan fingerprint density at radius 3 is 2.80 bits per heavy atom. The minimum Gasteiger partial charge on any atom is -0.299 e. The summed E-state index contributed by atoms with van der Waals surface area (Å²) in [7, 11) is 0. The third kappa shape index (κ3) is 4.76. The molecule has 3 heteroatoms. The van der Waals surface area contributed by atoms with Crippen molar-refractivity contribution in [2.75, 3.05) is 18.4 Å². The Morgan fingerprint density at radius 2 is 2.20 bits per heavy atom. The van der Waals surface area contributed by atoms with Crippen LogP contribution in [0.25, 0.3) is 0 Å². The van der Waals surface area contributed by atoms with Crippen molar-refractivity contribution in [3.63, 3.8) is 0 Å². The number of halogens is 2. The maximum absolute atomic E-state index is 12.9. The topological polar surface area (TPSA) is 3.24 Å². The first-order chi connectivity index (χ1) is 7.26. The van der Waals surface area contributed by atoms with E-state index in [0.29, 0.717) is 0 Å². The normalized spacial score (nSPS) is 10.9. The van der Waals surface area contributed by atoms with Gasteiger partial charge in [-0.15, -0.1) is 0 Å². The Hall–Kier alpha value is -0.410. The molecule has 0 unspecified atom stereocenters. The SMILES string of the molecule is CCN(CCCBr)Cc1cccc(F)c1. The Kier molecular flexibility index (Phi) is 5.88. The second-order valence-corrected chi connectivity index (χ2v) is 4.33. The van der Waals surface area contributed by atoms with Crippen LogP contribution >= 0.6 is 15.9 Å². The van der Waals surface area contributed by atoms with Gasteiger partial charge in [0.1, 0.15) is 5.82 Å². The molecule has 1 rings (SSSR count). The lowest BCUT2D eigenvalue weighted by Gasteiger charge is -2.19. The highest BCUT2D eigenvalue weighted by atomic mass is 79.9. The smallest absolute Gasteiger partial charge is 0.123 e. The zero-order valence-electron chi connectivity index (χ0n) is 9.05. The van der Waals surface area contributed by atoms with Gasteiger partial charge in [0.05, 0.1) is 0 Å². The summed E-state index contributed by atoms with van der Waals surface area (Å²) in [5, 5.41) is 1.02. The Bertz CT molecular complexity index is 291. The summed E-state index contributed by atoms with van der Waals surface area (Å²) in [6.07, 6.45) is 1.13. The van der Waals surface area contributed by atoms with Gasteiger partial charge in [-0.25, -0.2) is 4.39 Å². The zero-order valence-corrected chi connectivity index (χ0v) is 10.6. The summed E-state index contributed by atoms with van der Waals surface area (Å²) in [4.78, 5) is 2.32. The van der Waals surface area contributed by atoms with Gasteiger partial charge < -0.3 is 0 Å². The third-order valence-electron chi connectivity index (χ3n) is 2.35. The highest BCUT2D eigenvalue weighted by Crippen LogP contribution is 2.07. The minimum absolute atomic E-state index is 0.149. The highest BCUT2D eigenvalue weighted by Gasteiger charge is 2.03. The Morgan fingerprint density at radius 1 is 1.40 bits per heavy atom. The number of hydrogen-bond donors (Lipinski definition) is 0. The van der Waals surface area contributed by atoms with E-state index in [1.165, 1.54) is 6.07 Å². The molecule has 0 atom stereocenters. The number of rotatable bonds is 6. The number of nitrogens with zero attached hydrogens (tertiary/aromatic N) is 1. The fourth-order valence-corrected chi connectivity index (χ4v) is 1.78. The lowest BCUT2D eigenvalue weighted by Crippen LogP contribution is -2.24. The molecule has 0 amide bonds.